The van der Waals surface area contributed by atoms with Gasteiger partial charge in [-0.1, -0.05) is 44.2 Å². The average molecular weight is 420 g/mol. The van der Waals surface area contributed by atoms with Gasteiger partial charge in [0.05, 0.1) is 11.6 Å². The quantitative estimate of drug-likeness (QED) is 0.621. The molecule has 0 spiro atoms. The van der Waals surface area contributed by atoms with Crippen LogP contribution in [0.5, 0.6) is 0 Å². The number of benzene rings is 2. The summed E-state index contributed by atoms with van der Waals surface area (Å²) in [6.45, 7) is 4.00. The molecule has 1 amide bonds. The van der Waals surface area contributed by atoms with Crippen LogP contribution in [0.1, 0.15) is 37.4 Å². The number of para-hydroxylation sites is 1. The van der Waals surface area contributed by atoms with E-state index in [-0.39, 0.29) is 36.1 Å². The van der Waals surface area contributed by atoms with Crippen LogP contribution in [0, 0.1) is 11.7 Å². The molecule has 1 atom stereocenters. The molecule has 2 heterocycles. The van der Waals surface area contributed by atoms with Crippen molar-refractivity contribution < 1.29 is 19.1 Å². The van der Waals surface area contributed by atoms with Crippen molar-refractivity contribution in [3.05, 3.63) is 83.0 Å². The predicted molar refractivity (Wildman–Crippen MR) is 117 cm³/mol. The van der Waals surface area contributed by atoms with E-state index in [1.807, 2.05) is 55.9 Å². The number of Topliss-reactive ketones (excluding diaryl/α,β-unsaturated/α-hetero) is 1. The van der Waals surface area contributed by atoms with E-state index in [1.165, 1.54) is 17.0 Å². The van der Waals surface area contributed by atoms with Gasteiger partial charge in [0, 0.05) is 42.7 Å². The summed E-state index contributed by atoms with van der Waals surface area (Å²) in [7, 11) is 1.91. The van der Waals surface area contributed by atoms with Crippen LogP contribution in [0.4, 0.5) is 4.39 Å². The number of ketones is 1. The van der Waals surface area contributed by atoms with E-state index in [4.69, 9.17) is 0 Å². The van der Waals surface area contributed by atoms with E-state index in [2.05, 4.69) is 0 Å². The molecule has 1 aliphatic rings. The fourth-order valence-electron chi connectivity index (χ4n) is 4.28. The van der Waals surface area contributed by atoms with Gasteiger partial charge in [0.25, 0.3) is 5.91 Å². The molecule has 0 fully saturated rings. The highest BCUT2D eigenvalue weighted by atomic mass is 19.1. The summed E-state index contributed by atoms with van der Waals surface area (Å²) in [6.07, 6.45) is 2.14. The summed E-state index contributed by atoms with van der Waals surface area (Å²) in [6, 6.07) is 12.9. The third-order valence-electron chi connectivity index (χ3n) is 5.69. The maximum absolute atomic E-state index is 13.4. The predicted octanol–water partition coefficient (Wildman–Crippen LogP) is 4.83. The van der Waals surface area contributed by atoms with Gasteiger partial charge in [-0.3, -0.25) is 9.59 Å². The van der Waals surface area contributed by atoms with Crippen LogP contribution in [0.2, 0.25) is 0 Å². The van der Waals surface area contributed by atoms with Crippen molar-refractivity contribution in [2.45, 2.75) is 32.9 Å². The van der Waals surface area contributed by atoms with Gasteiger partial charge >= 0.3 is 0 Å². The van der Waals surface area contributed by atoms with Gasteiger partial charge in [-0.2, -0.15) is 0 Å². The summed E-state index contributed by atoms with van der Waals surface area (Å²) >= 11 is 0. The maximum Gasteiger partial charge on any atom is 0.290 e. The first-order valence-electron chi connectivity index (χ1n) is 10.3. The van der Waals surface area contributed by atoms with E-state index < -0.39 is 17.7 Å². The highest BCUT2D eigenvalue weighted by Crippen LogP contribution is 2.42. The minimum atomic E-state index is -0.713. The van der Waals surface area contributed by atoms with Gasteiger partial charge in [-0.05, 0) is 29.7 Å². The van der Waals surface area contributed by atoms with Crippen molar-refractivity contribution >= 4 is 22.6 Å². The monoisotopic (exact) mass is 420 g/mol. The highest BCUT2D eigenvalue weighted by Gasteiger charge is 2.44. The number of rotatable bonds is 6. The number of hydrogen-bond acceptors (Lipinski definition) is 3. The first-order chi connectivity index (χ1) is 14.8. The Morgan fingerprint density at radius 1 is 1.13 bits per heavy atom. The Morgan fingerprint density at radius 2 is 1.81 bits per heavy atom. The van der Waals surface area contributed by atoms with Crippen LogP contribution in [0.3, 0.4) is 0 Å². The third kappa shape index (κ3) is 3.74. The zero-order valence-corrected chi connectivity index (χ0v) is 17.8. The number of hydrogen-bond donors (Lipinski definition) is 1. The van der Waals surface area contributed by atoms with E-state index in [0.717, 1.165) is 16.5 Å². The molecule has 160 valence electrons. The van der Waals surface area contributed by atoms with Crippen LogP contribution in [-0.2, 0) is 23.2 Å². The molecular formula is C25H25FN2O3. The standard InChI is InChI=1S/C25H25FN2O3/c1-15(2)12-21(29)22-23(19-14-27(3)20-7-5-4-6-18(19)20)28(25(31)24(22)30)13-16-8-10-17(26)11-9-16/h4-11,14-15,23,30H,12-13H2,1-3H3. The average Bonchev–Trinajstić information content (AvgIpc) is 3.18. The number of carbonyl (C=O) groups excluding carboxylic acids is 2. The van der Waals surface area contributed by atoms with E-state index >= 15 is 0 Å². The molecule has 1 unspecified atom stereocenters. The summed E-state index contributed by atoms with van der Waals surface area (Å²) in [5, 5.41) is 11.7. The van der Waals surface area contributed by atoms with Gasteiger partial charge < -0.3 is 14.6 Å². The van der Waals surface area contributed by atoms with Crippen molar-refractivity contribution in [2.24, 2.45) is 13.0 Å². The fourth-order valence-corrected chi connectivity index (χ4v) is 4.28. The molecule has 0 aliphatic carbocycles. The van der Waals surface area contributed by atoms with E-state index in [1.54, 1.807) is 12.1 Å². The number of fused-ring (bicyclic) bond motifs is 1. The van der Waals surface area contributed by atoms with Crippen LogP contribution in [0.25, 0.3) is 10.9 Å². The fraction of sp³-hybridized carbons (Fsp3) is 0.280. The molecule has 0 saturated carbocycles. The Kier molecular flexibility index (Phi) is 5.39. The van der Waals surface area contributed by atoms with E-state index in [9.17, 15) is 19.1 Å². The van der Waals surface area contributed by atoms with Crippen LogP contribution >= 0.6 is 0 Å². The van der Waals surface area contributed by atoms with Crippen LogP contribution < -0.4 is 0 Å². The van der Waals surface area contributed by atoms with Gasteiger partial charge in [-0.15, -0.1) is 0 Å². The van der Waals surface area contributed by atoms with Crippen LogP contribution in [-0.4, -0.2) is 26.3 Å². The van der Waals surface area contributed by atoms with Crippen molar-refractivity contribution in [2.75, 3.05) is 0 Å². The summed E-state index contributed by atoms with van der Waals surface area (Å²) < 4.78 is 15.3. The van der Waals surface area contributed by atoms with E-state index in [0.29, 0.717) is 5.56 Å². The smallest absolute Gasteiger partial charge is 0.290 e. The topological polar surface area (TPSA) is 62.5 Å². The van der Waals surface area contributed by atoms with Crippen molar-refractivity contribution in [3.63, 3.8) is 0 Å². The lowest BCUT2D eigenvalue weighted by molar-refractivity contribution is -0.130. The van der Waals surface area contributed by atoms with Crippen molar-refractivity contribution in [1.29, 1.82) is 0 Å². The molecule has 0 radical (unpaired) electrons. The van der Waals surface area contributed by atoms with Crippen LogP contribution in [0.15, 0.2) is 66.1 Å². The second kappa shape index (κ2) is 8.02. The number of aromatic nitrogens is 1. The molecular weight excluding hydrogens is 395 g/mol. The number of halogens is 1. The lowest BCUT2D eigenvalue weighted by Gasteiger charge is -2.26. The normalized spacial score (nSPS) is 16.7. The molecule has 1 aliphatic heterocycles. The minimum Gasteiger partial charge on any atom is -0.503 e. The third-order valence-corrected chi connectivity index (χ3v) is 5.69. The second-order valence-corrected chi connectivity index (χ2v) is 8.46. The maximum atomic E-state index is 13.4. The van der Waals surface area contributed by atoms with Crippen molar-refractivity contribution in [1.82, 2.24) is 9.47 Å². The summed E-state index contributed by atoms with van der Waals surface area (Å²) in [4.78, 5) is 27.7. The second-order valence-electron chi connectivity index (χ2n) is 8.46. The largest absolute Gasteiger partial charge is 0.503 e. The number of nitrogens with zero attached hydrogens (tertiary/aromatic N) is 2. The number of carbonyl (C=O) groups is 2. The lowest BCUT2D eigenvalue weighted by Crippen LogP contribution is -2.30. The molecule has 0 bridgehead atoms. The molecule has 1 N–H and O–H groups in total. The zero-order valence-electron chi connectivity index (χ0n) is 17.8. The highest BCUT2D eigenvalue weighted by molar-refractivity contribution is 6.09. The Balaban J connectivity index is 1.85. The Morgan fingerprint density at radius 3 is 2.48 bits per heavy atom. The molecule has 3 aromatic rings. The lowest BCUT2D eigenvalue weighted by atomic mass is 9.92. The van der Waals surface area contributed by atoms with Gasteiger partial charge in [-0.25, -0.2) is 4.39 Å². The molecule has 0 saturated heterocycles. The Hall–Kier alpha value is -3.41. The summed E-state index contributed by atoms with van der Waals surface area (Å²) in [5.74, 6) is -1.60. The minimum absolute atomic E-state index is 0.0854. The Labute approximate surface area is 180 Å². The Bertz CT molecular complexity index is 1190. The number of amides is 1. The first kappa shape index (κ1) is 20.8. The molecule has 5 nitrogen and oxygen atoms in total. The molecule has 31 heavy (non-hydrogen) atoms. The zero-order chi connectivity index (χ0) is 22.3. The molecule has 4 rings (SSSR count). The molecule has 1 aromatic heterocycles. The number of aliphatic hydroxyl groups excluding tert-OH is 1. The summed E-state index contributed by atoms with van der Waals surface area (Å²) in [5.41, 5.74) is 2.60. The molecule has 6 heteroatoms. The van der Waals surface area contributed by atoms with Gasteiger partial charge in [0.15, 0.2) is 11.5 Å². The molecule has 2 aromatic carbocycles. The number of aryl methyl sites for hydroxylation is 1. The van der Waals surface area contributed by atoms with Crippen molar-refractivity contribution in [3.8, 4) is 0 Å². The number of aliphatic hydroxyl groups is 1. The van der Waals surface area contributed by atoms with Gasteiger partial charge in [0.2, 0.25) is 0 Å². The van der Waals surface area contributed by atoms with Gasteiger partial charge in [0.1, 0.15) is 5.82 Å². The first-order valence-corrected chi connectivity index (χ1v) is 10.3. The SMILES string of the molecule is CC(C)CC(=O)C1=C(O)C(=O)N(Cc2ccc(F)cc2)C1c1cn(C)c2ccccc12.